The third-order valence-electron chi connectivity index (χ3n) is 8.21. The minimum Gasteiger partial charge on any atom is -0.480 e. The van der Waals surface area contributed by atoms with E-state index in [1.807, 2.05) is 12.2 Å². The third kappa shape index (κ3) is 40.7. The summed E-state index contributed by atoms with van der Waals surface area (Å²) >= 11 is 0. The van der Waals surface area contributed by atoms with Gasteiger partial charge in [-0.15, -0.1) is 0 Å². The second kappa shape index (κ2) is 41.6. The van der Waals surface area contributed by atoms with Crippen LogP contribution in [0.4, 0.5) is 0 Å². The number of nitrogens with two attached hydrogens (primary N) is 1. The van der Waals surface area contributed by atoms with Gasteiger partial charge in [-0.3, -0.25) is 23.4 Å². The van der Waals surface area contributed by atoms with Crippen LogP contribution in [-0.4, -0.2) is 59.9 Å². The molecule has 11 nitrogen and oxygen atoms in total. The summed E-state index contributed by atoms with van der Waals surface area (Å²) in [6, 6.07) is -1.54. The van der Waals surface area contributed by atoms with Gasteiger partial charge in [0, 0.05) is 12.8 Å². The maximum Gasteiger partial charge on any atom is 0.472 e. The second-order valence-corrected chi connectivity index (χ2v) is 15.2. The summed E-state index contributed by atoms with van der Waals surface area (Å²) in [5, 5.41) is 8.89. The molecule has 4 N–H and O–H groups in total. The van der Waals surface area contributed by atoms with Gasteiger partial charge in [-0.05, 0) is 96.3 Å². The molecule has 12 heteroatoms. The molecule has 0 bridgehead atoms. The summed E-state index contributed by atoms with van der Waals surface area (Å²) in [5.41, 5.74) is 5.33. The van der Waals surface area contributed by atoms with Crippen molar-refractivity contribution >= 4 is 25.7 Å². The standard InChI is InChI=1S/C48H74NO10P/c1-3-5-7-9-11-13-15-17-19-21-22-24-25-27-29-31-33-35-37-39-46(50)56-41-44(42-57-60(54,55)58-43-45(49)48(52)53)59-47(51)40-38-36-34-32-30-28-26-23-20-18-16-14-12-10-8-6-4-2/h5-8,11-14,17-20,22,24,26-29,32,34,44-45H,3-4,9-10,15-16,21,23,25,30-31,33,35-43,49H2,1-2H3,(H,52,53)(H,54,55)/b7-5+,8-6+,13-11+,14-12+,19-17+,20-18+,24-22+,28-26+,29-27+,34-32+/t44-,45+/m1/s1. The van der Waals surface area contributed by atoms with Crippen LogP contribution in [0.2, 0.25) is 0 Å². The Kier molecular flexibility index (Phi) is 38.8. The van der Waals surface area contributed by atoms with Crippen molar-refractivity contribution in [2.24, 2.45) is 5.73 Å². The summed E-state index contributed by atoms with van der Waals surface area (Å²) in [6.07, 6.45) is 55.6. The number of unbranched alkanes of at least 4 members (excludes halogenated alkanes) is 4. The number of hydrogen-bond donors (Lipinski definition) is 3. The van der Waals surface area contributed by atoms with E-state index in [-0.39, 0.29) is 12.8 Å². The van der Waals surface area contributed by atoms with Crippen LogP contribution in [0.5, 0.6) is 0 Å². The van der Waals surface area contributed by atoms with Crippen molar-refractivity contribution in [1.82, 2.24) is 0 Å². The highest BCUT2D eigenvalue weighted by Crippen LogP contribution is 2.43. The zero-order valence-corrected chi connectivity index (χ0v) is 37.1. The topological polar surface area (TPSA) is 172 Å². The van der Waals surface area contributed by atoms with E-state index in [1.165, 1.54) is 0 Å². The normalized spacial score (nSPS) is 14.9. The van der Waals surface area contributed by atoms with Crippen LogP contribution in [0, 0.1) is 0 Å². The van der Waals surface area contributed by atoms with Crippen LogP contribution >= 0.6 is 7.82 Å². The van der Waals surface area contributed by atoms with E-state index in [9.17, 15) is 23.8 Å². The predicted octanol–water partition coefficient (Wildman–Crippen LogP) is 11.6. The van der Waals surface area contributed by atoms with Crippen LogP contribution in [0.1, 0.15) is 129 Å². The molecule has 0 heterocycles. The van der Waals surface area contributed by atoms with E-state index in [1.54, 1.807) is 0 Å². The predicted molar refractivity (Wildman–Crippen MR) is 244 cm³/mol. The number of aliphatic carboxylic acids is 1. The number of carboxylic acid groups (broad SMARTS) is 1. The van der Waals surface area contributed by atoms with Crippen molar-refractivity contribution in [1.29, 1.82) is 0 Å². The lowest BCUT2D eigenvalue weighted by molar-refractivity contribution is -0.161. The highest BCUT2D eigenvalue weighted by atomic mass is 31.2. The summed E-state index contributed by atoms with van der Waals surface area (Å²) in [6.45, 7) is 2.45. The molecular formula is C48H74NO10P. The first-order valence-corrected chi connectivity index (χ1v) is 23.1. The van der Waals surface area contributed by atoms with Crippen molar-refractivity contribution in [2.45, 2.75) is 142 Å². The molecule has 0 fully saturated rings. The van der Waals surface area contributed by atoms with Crippen LogP contribution in [-0.2, 0) is 37.5 Å². The fourth-order valence-corrected chi connectivity index (χ4v) is 5.67. The van der Waals surface area contributed by atoms with Gasteiger partial charge in [0.05, 0.1) is 13.2 Å². The van der Waals surface area contributed by atoms with Crippen LogP contribution in [0.15, 0.2) is 122 Å². The number of phosphoric ester groups is 1. The number of ether oxygens (including phenoxy) is 2. The zero-order chi connectivity index (χ0) is 44.2. The molecule has 0 saturated carbocycles. The number of esters is 2. The summed E-state index contributed by atoms with van der Waals surface area (Å²) in [7, 11) is -4.75. The van der Waals surface area contributed by atoms with Gasteiger partial charge < -0.3 is 25.2 Å². The molecule has 0 saturated heterocycles. The maximum atomic E-state index is 12.6. The van der Waals surface area contributed by atoms with E-state index in [0.717, 1.165) is 83.5 Å². The average Bonchev–Trinajstić information content (AvgIpc) is 3.22. The largest absolute Gasteiger partial charge is 0.480 e. The quantitative estimate of drug-likeness (QED) is 0.0233. The van der Waals surface area contributed by atoms with Crippen molar-refractivity contribution in [3.05, 3.63) is 122 Å². The molecule has 336 valence electrons. The molecule has 0 radical (unpaired) electrons. The lowest BCUT2D eigenvalue weighted by atomic mass is 10.1. The average molecular weight is 856 g/mol. The molecule has 0 amide bonds. The monoisotopic (exact) mass is 856 g/mol. The first kappa shape index (κ1) is 55.9. The summed E-state index contributed by atoms with van der Waals surface area (Å²) in [5.74, 6) is -2.52. The van der Waals surface area contributed by atoms with Gasteiger partial charge >= 0.3 is 25.7 Å². The smallest absolute Gasteiger partial charge is 0.472 e. The van der Waals surface area contributed by atoms with Gasteiger partial charge in [0.1, 0.15) is 12.6 Å². The van der Waals surface area contributed by atoms with E-state index in [0.29, 0.717) is 19.3 Å². The first-order valence-electron chi connectivity index (χ1n) is 21.6. The molecule has 0 aliphatic heterocycles. The number of rotatable bonds is 38. The summed E-state index contributed by atoms with van der Waals surface area (Å²) < 4.78 is 32.6. The van der Waals surface area contributed by atoms with Crippen molar-refractivity contribution in [3.63, 3.8) is 0 Å². The minimum absolute atomic E-state index is 0.0669. The van der Waals surface area contributed by atoms with Gasteiger partial charge in [-0.1, -0.05) is 142 Å². The minimum atomic E-state index is -4.75. The maximum absolute atomic E-state index is 12.6. The number of carboxylic acids is 1. The van der Waals surface area contributed by atoms with Crippen molar-refractivity contribution in [2.75, 3.05) is 19.8 Å². The molecular weight excluding hydrogens is 781 g/mol. The highest BCUT2D eigenvalue weighted by Gasteiger charge is 2.28. The zero-order valence-electron chi connectivity index (χ0n) is 36.2. The molecule has 60 heavy (non-hydrogen) atoms. The lowest BCUT2D eigenvalue weighted by Crippen LogP contribution is -2.34. The molecule has 3 atom stereocenters. The van der Waals surface area contributed by atoms with Gasteiger partial charge in [0.2, 0.25) is 0 Å². The molecule has 0 rings (SSSR count). The van der Waals surface area contributed by atoms with Crippen molar-refractivity contribution < 1.29 is 47.5 Å². The fourth-order valence-electron chi connectivity index (χ4n) is 4.89. The van der Waals surface area contributed by atoms with Crippen LogP contribution < -0.4 is 5.73 Å². The lowest BCUT2D eigenvalue weighted by Gasteiger charge is -2.20. The number of carbonyl (C=O) groups excluding carboxylic acids is 2. The van der Waals surface area contributed by atoms with E-state index in [4.69, 9.17) is 24.8 Å². The van der Waals surface area contributed by atoms with Crippen LogP contribution in [0.3, 0.4) is 0 Å². The fraction of sp³-hybridized carbons (Fsp3) is 0.521. The Morgan fingerprint density at radius 3 is 1.33 bits per heavy atom. The highest BCUT2D eigenvalue weighted by molar-refractivity contribution is 7.47. The number of phosphoric acid groups is 1. The third-order valence-corrected chi connectivity index (χ3v) is 9.16. The Morgan fingerprint density at radius 1 is 0.517 bits per heavy atom. The van der Waals surface area contributed by atoms with E-state index in [2.05, 4.69) is 128 Å². The molecule has 0 aromatic carbocycles. The Hall–Kier alpha value is -4.12. The number of allylic oxidation sites excluding steroid dienone is 20. The Morgan fingerprint density at radius 2 is 0.900 bits per heavy atom. The first-order chi connectivity index (χ1) is 29.1. The number of carbonyl (C=O) groups is 3. The van der Waals surface area contributed by atoms with E-state index < -0.39 is 57.7 Å². The van der Waals surface area contributed by atoms with Crippen molar-refractivity contribution in [3.8, 4) is 0 Å². The van der Waals surface area contributed by atoms with Gasteiger partial charge in [-0.2, -0.15) is 0 Å². The molecule has 0 aromatic rings. The van der Waals surface area contributed by atoms with E-state index >= 15 is 0 Å². The molecule has 0 aliphatic carbocycles. The molecule has 0 spiro atoms. The number of hydrogen-bond acceptors (Lipinski definition) is 9. The molecule has 0 aliphatic rings. The van der Waals surface area contributed by atoms with Gasteiger partial charge in [0.15, 0.2) is 6.10 Å². The molecule has 1 unspecified atom stereocenters. The molecule has 0 aromatic heterocycles. The summed E-state index contributed by atoms with van der Waals surface area (Å²) in [4.78, 5) is 46.0. The SMILES string of the molecule is CC/C=C/C/C=C/C/C=C/C/C=C/C/C=C/CCCCCC(=O)OC[C@H](COP(=O)(O)OC[C@H](N)C(=O)O)OC(=O)CCC/C=C/C/C=C/C/C=C/C/C=C/C/C=C/CC. The Balaban J connectivity index is 4.55. The van der Waals surface area contributed by atoms with Gasteiger partial charge in [-0.25, -0.2) is 4.57 Å². The second-order valence-electron chi connectivity index (χ2n) is 13.7. The Bertz CT molecular complexity index is 1470. The van der Waals surface area contributed by atoms with Crippen LogP contribution in [0.25, 0.3) is 0 Å². The van der Waals surface area contributed by atoms with Gasteiger partial charge in [0.25, 0.3) is 0 Å². The Labute approximate surface area is 360 Å².